The predicted octanol–water partition coefficient (Wildman–Crippen LogP) is 8.74. The number of likely N-dealkylation sites (tertiary alicyclic amines) is 2. The number of hydrogen-bond donors (Lipinski definition) is 0. The summed E-state index contributed by atoms with van der Waals surface area (Å²) >= 11 is 0. The highest BCUT2D eigenvalue weighted by molar-refractivity contribution is 6.05. The van der Waals surface area contributed by atoms with Crippen LogP contribution in [-0.2, 0) is 28.7 Å². The lowest BCUT2D eigenvalue weighted by Crippen LogP contribution is -2.45. The fourth-order valence-corrected chi connectivity index (χ4v) is 11.0. The van der Waals surface area contributed by atoms with Gasteiger partial charge in [0.25, 0.3) is 0 Å². The molecule has 6 aliphatic rings. The number of carbonyl (C=O) groups excluding carboxylic acids is 4. The molecule has 0 radical (unpaired) electrons. The summed E-state index contributed by atoms with van der Waals surface area (Å²) in [7, 11) is 2.76. The number of aliphatic imine (C=N–C) groups is 2. The highest BCUT2D eigenvalue weighted by atomic mass is 16.5. The summed E-state index contributed by atoms with van der Waals surface area (Å²) < 4.78 is 9.85. The summed E-state index contributed by atoms with van der Waals surface area (Å²) in [4.78, 5) is 65.8. The Kier molecular flexibility index (Phi) is 11.8. The Labute approximate surface area is 349 Å². The molecule has 1 saturated carbocycles. The molecule has 312 valence electrons. The highest BCUT2D eigenvalue weighted by Gasteiger charge is 2.43. The maximum Gasteiger partial charge on any atom is 0.306 e. The number of fused-ring (bicyclic) bond motifs is 5. The zero-order valence-electron chi connectivity index (χ0n) is 35.7. The van der Waals surface area contributed by atoms with Crippen molar-refractivity contribution >= 4 is 46.3 Å². The van der Waals surface area contributed by atoms with Gasteiger partial charge < -0.3 is 19.3 Å². The van der Waals surface area contributed by atoms with E-state index < -0.39 is 11.8 Å². The molecule has 6 atom stereocenters. The summed E-state index contributed by atoms with van der Waals surface area (Å²) in [6.45, 7) is 9.38. The molecule has 59 heavy (non-hydrogen) atoms. The molecular weight excluding hydrogens is 741 g/mol. The Bertz CT molecular complexity index is 2130. The van der Waals surface area contributed by atoms with Crippen LogP contribution in [0.4, 0.5) is 0 Å². The third kappa shape index (κ3) is 7.84. The molecule has 4 aliphatic heterocycles. The van der Waals surface area contributed by atoms with E-state index >= 15 is 0 Å². The van der Waals surface area contributed by atoms with Crippen LogP contribution in [0.3, 0.4) is 0 Å². The first kappa shape index (κ1) is 40.9. The Hall–Kier alpha value is -4.86. The topological polar surface area (TPSA) is 118 Å². The molecule has 0 spiro atoms. The van der Waals surface area contributed by atoms with Crippen molar-refractivity contribution in [2.24, 2.45) is 33.7 Å². The van der Waals surface area contributed by atoms with Crippen molar-refractivity contribution in [3.05, 3.63) is 71.1 Å². The number of hydrogen-bond acceptors (Lipinski definition) is 8. The molecule has 0 aromatic heterocycles. The number of rotatable bonds is 13. The van der Waals surface area contributed by atoms with E-state index in [1.165, 1.54) is 66.9 Å². The van der Waals surface area contributed by atoms with Crippen LogP contribution in [0.25, 0.3) is 22.3 Å². The lowest BCUT2D eigenvalue weighted by molar-refractivity contribution is -0.148. The minimum atomic E-state index is -0.402. The molecule has 2 unspecified atom stereocenters. The van der Waals surface area contributed by atoms with Gasteiger partial charge in [-0.1, -0.05) is 64.1 Å². The SMILES string of the molecule is COC(=O)C[C@H](C(=O)N1CCC[C@H]1C1=NC=C(c2ccc(-c3ccc(C4=CN=C([C@@H]5CCCN5C(=O)[C@@H](CC(=O)OC)C(C)C)C4)c4c3C3CCC4C3)cc2)C1)C(C)C. The summed E-state index contributed by atoms with van der Waals surface area (Å²) in [5.41, 5.74) is 12.5. The minimum absolute atomic E-state index is 0.0265. The number of nitrogens with zero attached hydrogens (tertiary/aromatic N) is 4. The first-order valence-electron chi connectivity index (χ1n) is 22.0. The summed E-state index contributed by atoms with van der Waals surface area (Å²) in [5.74, 6) is -0.243. The molecule has 2 amide bonds. The van der Waals surface area contributed by atoms with Crippen LogP contribution in [0.1, 0.15) is 132 Å². The predicted molar refractivity (Wildman–Crippen MR) is 231 cm³/mol. The number of esters is 2. The first-order chi connectivity index (χ1) is 28.5. The van der Waals surface area contributed by atoms with Gasteiger partial charge in [-0.25, -0.2) is 0 Å². The van der Waals surface area contributed by atoms with Crippen LogP contribution in [0.5, 0.6) is 0 Å². The standard InChI is InChI=1S/C49H60N4O6/c1-28(2)38(24-44(54)58-5)48(56)52-19-7-9-42(52)40-22-34(26-50-40)30-11-13-31(14-12-30)36-17-18-37(47-33-16-15-32(21-33)46(36)47)35-23-41(51-27-35)43-10-8-20-53(43)49(57)39(29(3)4)25-45(55)59-6/h11-14,17-18,26-29,32-33,38-39,42-43H,7-10,15-16,19-25H2,1-6H3/t32?,33?,38-,39-,42-,43-/m0/s1. The second kappa shape index (κ2) is 17.0. The van der Waals surface area contributed by atoms with E-state index in [-0.39, 0.29) is 60.5 Å². The number of amides is 2. The van der Waals surface area contributed by atoms with Gasteiger partial charge in [0.1, 0.15) is 0 Å². The third-order valence-electron chi connectivity index (χ3n) is 14.3. The van der Waals surface area contributed by atoms with E-state index in [0.717, 1.165) is 54.7 Å². The molecule has 0 N–H and O–H groups in total. The Balaban J connectivity index is 0.953. The Morgan fingerprint density at radius 2 is 1.08 bits per heavy atom. The summed E-state index contributed by atoms with van der Waals surface area (Å²) in [6, 6.07) is 13.5. The largest absolute Gasteiger partial charge is 0.469 e. The van der Waals surface area contributed by atoms with Crippen molar-refractivity contribution in [3.8, 4) is 11.1 Å². The fourth-order valence-electron chi connectivity index (χ4n) is 11.0. The third-order valence-corrected chi connectivity index (χ3v) is 14.3. The van der Waals surface area contributed by atoms with E-state index in [0.29, 0.717) is 31.3 Å². The van der Waals surface area contributed by atoms with E-state index in [2.05, 4.69) is 42.6 Å². The average Bonchev–Trinajstić information content (AvgIpc) is 4.10. The van der Waals surface area contributed by atoms with Crippen molar-refractivity contribution in [1.29, 1.82) is 0 Å². The second-order valence-corrected chi connectivity index (χ2v) is 18.3. The smallest absolute Gasteiger partial charge is 0.306 e. The van der Waals surface area contributed by atoms with Gasteiger partial charge in [0.15, 0.2) is 0 Å². The van der Waals surface area contributed by atoms with E-state index in [9.17, 15) is 19.2 Å². The molecule has 2 saturated heterocycles. The normalized spacial score (nSPS) is 24.3. The van der Waals surface area contributed by atoms with E-state index in [1.54, 1.807) is 0 Å². The maximum absolute atomic E-state index is 13.9. The van der Waals surface area contributed by atoms with Gasteiger partial charge in [-0.15, -0.1) is 0 Å². The van der Waals surface area contributed by atoms with Crippen LogP contribution in [0.2, 0.25) is 0 Å². The molecule has 2 aromatic carbocycles. The number of allylic oxidation sites excluding steroid dienone is 2. The monoisotopic (exact) mass is 800 g/mol. The van der Waals surface area contributed by atoms with Gasteiger partial charge in [0, 0.05) is 49.8 Å². The van der Waals surface area contributed by atoms with Gasteiger partial charge in [-0.05, 0) is 113 Å². The molecule has 2 aromatic rings. The van der Waals surface area contributed by atoms with E-state index in [4.69, 9.17) is 19.5 Å². The molecule has 2 aliphatic carbocycles. The molecule has 3 fully saturated rings. The summed E-state index contributed by atoms with van der Waals surface area (Å²) in [6.07, 6.45) is 13.0. The molecule has 2 bridgehead atoms. The van der Waals surface area contributed by atoms with Crippen LogP contribution in [-0.4, -0.2) is 84.4 Å². The number of methoxy groups -OCH3 is 2. The first-order valence-corrected chi connectivity index (χ1v) is 22.0. The van der Waals surface area contributed by atoms with Gasteiger partial charge in [-0.3, -0.25) is 29.2 Å². The Morgan fingerprint density at radius 1 is 0.627 bits per heavy atom. The van der Waals surface area contributed by atoms with Crippen LogP contribution >= 0.6 is 0 Å². The second-order valence-electron chi connectivity index (χ2n) is 18.3. The minimum Gasteiger partial charge on any atom is -0.469 e. The highest BCUT2D eigenvalue weighted by Crippen LogP contribution is 2.58. The molecule has 4 heterocycles. The van der Waals surface area contributed by atoms with Crippen molar-refractivity contribution in [3.63, 3.8) is 0 Å². The lowest BCUT2D eigenvalue weighted by Gasteiger charge is -2.30. The van der Waals surface area contributed by atoms with Crippen LogP contribution in [0.15, 0.2) is 58.8 Å². The van der Waals surface area contributed by atoms with Gasteiger partial charge in [0.05, 0.1) is 51.0 Å². The van der Waals surface area contributed by atoms with Crippen molar-refractivity contribution in [1.82, 2.24) is 9.80 Å². The van der Waals surface area contributed by atoms with E-state index in [1.807, 2.05) is 43.7 Å². The molecular formula is C49H60N4O6. The van der Waals surface area contributed by atoms with Gasteiger partial charge in [0.2, 0.25) is 11.8 Å². The lowest BCUT2D eigenvalue weighted by atomic mass is 9.80. The zero-order chi connectivity index (χ0) is 41.5. The molecule has 10 nitrogen and oxygen atoms in total. The number of carbonyl (C=O) groups is 4. The number of ether oxygens (including phenoxy) is 2. The van der Waals surface area contributed by atoms with Crippen LogP contribution < -0.4 is 0 Å². The van der Waals surface area contributed by atoms with Crippen molar-refractivity contribution < 1.29 is 28.7 Å². The van der Waals surface area contributed by atoms with Crippen LogP contribution in [0, 0.1) is 23.7 Å². The maximum atomic E-state index is 13.9. The van der Waals surface area contributed by atoms with Crippen molar-refractivity contribution in [2.45, 2.75) is 122 Å². The Morgan fingerprint density at radius 3 is 1.59 bits per heavy atom. The van der Waals surface area contributed by atoms with Gasteiger partial charge in [-0.2, -0.15) is 0 Å². The molecule has 10 heteroatoms. The summed E-state index contributed by atoms with van der Waals surface area (Å²) in [5, 5.41) is 0. The zero-order valence-corrected chi connectivity index (χ0v) is 35.7. The average molecular weight is 801 g/mol. The van der Waals surface area contributed by atoms with Gasteiger partial charge >= 0.3 is 11.9 Å². The molecule has 8 rings (SSSR count). The fraction of sp³-hybridized carbons (Fsp3) is 0.551. The van der Waals surface area contributed by atoms with Crippen molar-refractivity contribution in [2.75, 3.05) is 27.3 Å². The quantitative estimate of drug-likeness (QED) is 0.187. The number of benzene rings is 2.